The zero-order chi connectivity index (χ0) is 8.77. The number of hydrogen-bond donors (Lipinski definition) is 1. The van der Waals surface area contributed by atoms with E-state index in [-0.39, 0.29) is 18.1 Å². The molecular weight excluding hydrogens is 156 g/mol. The van der Waals surface area contributed by atoms with E-state index in [0.29, 0.717) is 12.8 Å². The van der Waals surface area contributed by atoms with Crippen LogP contribution < -0.4 is 0 Å². The van der Waals surface area contributed by atoms with E-state index in [2.05, 4.69) is 0 Å². The van der Waals surface area contributed by atoms with Crippen molar-refractivity contribution in [2.45, 2.75) is 32.1 Å². The van der Waals surface area contributed by atoms with Gasteiger partial charge in [0.25, 0.3) is 0 Å². The fourth-order valence-corrected chi connectivity index (χ4v) is 2.73. The molecule has 0 spiro atoms. The third-order valence-electron chi connectivity index (χ3n) is 3.37. The van der Waals surface area contributed by atoms with E-state index in [1.807, 2.05) is 0 Å². The lowest BCUT2D eigenvalue weighted by molar-refractivity contribution is -0.150. The van der Waals surface area contributed by atoms with Gasteiger partial charge in [-0.15, -0.1) is 0 Å². The van der Waals surface area contributed by atoms with E-state index in [1.165, 1.54) is 0 Å². The number of carboxylic acid groups (broad SMARTS) is 1. The third-order valence-corrected chi connectivity index (χ3v) is 3.37. The molecule has 2 aliphatic rings. The molecule has 2 rings (SSSR count). The van der Waals surface area contributed by atoms with Crippen LogP contribution in [-0.2, 0) is 9.59 Å². The van der Waals surface area contributed by atoms with Crippen molar-refractivity contribution < 1.29 is 14.7 Å². The number of ketones is 1. The first kappa shape index (κ1) is 7.77. The van der Waals surface area contributed by atoms with Crippen LogP contribution in [0.25, 0.3) is 0 Å². The highest BCUT2D eigenvalue weighted by molar-refractivity contribution is 5.91. The fourth-order valence-electron chi connectivity index (χ4n) is 2.73. The lowest BCUT2D eigenvalue weighted by atomic mass is 9.81. The molecule has 2 fully saturated rings. The first-order chi connectivity index (χ1) is 5.65. The molecule has 0 aromatic heterocycles. The lowest BCUT2D eigenvalue weighted by Gasteiger charge is -2.21. The molecule has 0 bridgehead atoms. The summed E-state index contributed by atoms with van der Waals surface area (Å²) in [5, 5.41) is 9.04. The average Bonchev–Trinajstić information content (AvgIpc) is 2.42. The Kier molecular flexibility index (Phi) is 1.50. The molecule has 66 valence electrons. The Bertz CT molecular complexity index is 246. The second-order valence-corrected chi connectivity index (χ2v) is 3.97. The molecule has 2 atom stereocenters. The normalized spacial score (nSPS) is 40.0. The first-order valence-electron chi connectivity index (χ1n) is 4.40. The van der Waals surface area contributed by atoms with Gasteiger partial charge in [-0.3, -0.25) is 9.59 Å². The van der Waals surface area contributed by atoms with Crippen LogP contribution in [0.2, 0.25) is 0 Å². The molecule has 0 aliphatic heterocycles. The summed E-state index contributed by atoms with van der Waals surface area (Å²) in [6.07, 6.45) is 3.40. The van der Waals surface area contributed by atoms with Gasteiger partial charge in [0.15, 0.2) is 0 Å². The molecule has 0 heterocycles. The molecule has 12 heavy (non-hydrogen) atoms. The Hall–Kier alpha value is -0.860. The number of rotatable bonds is 1. The number of carboxylic acids is 1. The van der Waals surface area contributed by atoms with Crippen molar-refractivity contribution in [2.24, 2.45) is 11.3 Å². The van der Waals surface area contributed by atoms with Crippen LogP contribution in [0.1, 0.15) is 32.1 Å². The Morgan fingerprint density at radius 3 is 2.92 bits per heavy atom. The third kappa shape index (κ3) is 0.822. The summed E-state index contributed by atoms with van der Waals surface area (Å²) in [5.41, 5.74) is -0.656. The Morgan fingerprint density at radius 1 is 1.58 bits per heavy atom. The number of carbonyl (C=O) groups excluding carboxylic acids is 1. The molecule has 1 N–H and O–H groups in total. The summed E-state index contributed by atoms with van der Waals surface area (Å²) in [7, 11) is 0. The van der Waals surface area contributed by atoms with E-state index >= 15 is 0 Å². The second-order valence-electron chi connectivity index (χ2n) is 3.97. The highest BCUT2D eigenvalue weighted by Crippen LogP contribution is 2.52. The van der Waals surface area contributed by atoms with Gasteiger partial charge < -0.3 is 5.11 Å². The Labute approximate surface area is 70.8 Å². The number of hydrogen-bond acceptors (Lipinski definition) is 2. The molecule has 0 unspecified atom stereocenters. The van der Waals surface area contributed by atoms with Gasteiger partial charge in [0, 0.05) is 12.8 Å². The lowest BCUT2D eigenvalue weighted by Crippen LogP contribution is -2.30. The van der Waals surface area contributed by atoms with E-state index in [0.717, 1.165) is 12.8 Å². The number of Topliss-reactive ketones (excluding diaryl/α,β-unsaturated/α-hetero) is 1. The minimum absolute atomic E-state index is 0.141. The molecule has 0 aromatic rings. The van der Waals surface area contributed by atoms with Gasteiger partial charge in [-0.2, -0.15) is 0 Å². The highest BCUT2D eigenvalue weighted by Gasteiger charge is 2.54. The van der Waals surface area contributed by atoms with Crippen LogP contribution in [-0.4, -0.2) is 16.9 Å². The maximum absolute atomic E-state index is 11.1. The minimum Gasteiger partial charge on any atom is -0.481 e. The maximum atomic E-state index is 11.1. The molecular formula is C9H12O3. The molecule has 3 nitrogen and oxygen atoms in total. The predicted octanol–water partition coefficient (Wildman–Crippen LogP) is 1.22. The number of aliphatic carboxylic acids is 1. The van der Waals surface area contributed by atoms with Crippen LogP contribution in [0.5, 0.6) is 0 Å². The van der Waals surface area contributed by atoms with Crippen LogP contribution in [0.4, 0.5) is 0 Å². The SMILES string of the molecule is O=C1C[C@H]2CCC[C@@]2(C(=O)O)C1. The zero-order valence-corrected chi connectivity index (χ0v) is 6.88. The zero-order valence-electron chi connectivity index (χ0n) is 6.88. The van der Waals surface area contributed by atoms with Gasteiger partial charge in [-0.05, 0) is 18.8 Å². The predicted molar refractivity (Wildman–Crippen MR) is 41.7 cm³/mol. The van der Waals surface area contributed by atoms with Gasteiger partial charge in [-0.25, -0.2) is 0 Å². The van der Waals surface area contributed by atoms with Crippen LogP contribution in [0.15, 0.2) is 0 Å². The van der Waals surface area contributed by atoms with Gasteiger partial charge in [0.05, 0.1) is 5.41 Å². The molecule has 0 amide bonds. The van der Waals surface area contributed by atoms with Crippen molar-refractivity contribution in [3.63, 3.8) is 0 Å². The standard InChI is InChI=1S/C9H12O3/c10-7-4-6-2-1-3-9(6,5-7)8(11)12/h6H,1-5H2,(H,11,12)/t6-,9-/m1/s1. The molecule has 0 saturated heterocycles. The van der Waals surface area contributed by atoms with Crippen molar-refractivity contribution >= 4 is 11.8 Å². The number of fused-ring (bicyclic) bond motifs is 1. The maximum Gasteiger partial charge on any atom is 0.310 e. The summed E-state index contributed by atoms with van der Waals surface area (Å²) in [5.74, 6) is -0.472. The van der Waals surface area contributed by atoms with Crippen LogP contribution >= 0.6 is 0 Å². The van der Waals surface area contributed by atoms with Crippen molar-refractivity contribution in [1.82, 2.24) is 0 Å². The Balaban J connectivity index is 2.32. The van der Waals surface area contributed by atoms with Crippen molar-refractivity contribution in [1.29, 1.82) is 0 Å². The fraction of sp³-hybridized carbons (Fsp3) is 0.778. The van der Waals surface area contributed by atoms with E-state index < -0.39 is 11.4 Å². The summed E-state index contributed by atoms with van der Waals surface area (Å²) in [4.78, 5) is 22.1. The summed E-state index contributed by atoms with van der Waals surface area (Å²) >= 11 is 0. The monoisotopic (exact) mass is 168 g/mol. The van der Waals surface area contributed by atoms with E-state index in [9.17, 15) is 9.59 Å². The topological polar surface area (TPSA) is 54.4 Å². The van der Waals surface area contributed by atoms with Gasteiger partial charge in [-0.1, -0.05) is 6.42 Å². The van der Waals surface area contributed by atoms with Crippen LogP contribution in [0.3, 0.4) is 0 Å². The quantitative estimate of drug-likeness (QED) is 0.640. The minimum atomic E-state index is -0.754. The van der Waals surface area contributed by atoms with Gasteiger partial charge in [0.1, 0.15) is 5.78 Å². The van der Waals surface area contributed by atoms with Crippen molar-refractivity contribution in [3.05, 3.63) is 0 Å². The van der Waals surface area contributed by atoms with Crippen LogP contribution in [0, 0.1) is 11.3 Å². The van der Waals surface area contributed by atoms with Gasteiger partial charge >= 0.3 is 5.97 Å². The molecule has 0 radical (unpaired) electrons. The van der Waals surface area contributed by atoms with Crippen molar-refractivity contribution in [3.8, 4) is 0 Å². The average molecular weight is 168 g/mol. The molecule has 2 aliphatic carbocycles. The van der Waals surface area contributed by atoms with E-state index in [4.69, 9.17) is 5.11 Å². The highest BCUT2D eigenvalue weighted by atomic mass is 16.4. The summed E-state index contributed by atoms with van der Waals surface area (Å²) < 4.78 is 0. The second kappa shape index (κ2) is 2.31. The summed E-state index contributed by atoms with van der Waals surface area (Å²) in [6, 6.07) is 0. The Morgan fingerprint density at radius 2 is 2.33 bits per heavy atom. The molecule has 0 aromatic carbocycles. The van der Waals surface area contributed by atoms with Gasteiger partial charge in [0.2, 0.25) is 0 Å². The number of carbonyl (C=O) groups is 2. The summed E-state index contributed by atoms with van der Waals surface area (Å²) in [6.45, 7) is 0. The molecule has 3 heteroatoms. The first-order valence-corrected chi connectivity index (χ1v) is 4.40. The smallest absolute Gasteiger partial charge is 0.310 e. The van der Waals surface area contributed by atoms with E-state index in [1.54, 1.807) is 0 Å². The van der Waals surface area contributed by atoms with Crippen molar-refractivity contribution in [2.75, 3.05) is 0 Å². The largest absolute Gasteiger partial charge is 0.481 e. The molecule has 2 saturated carbocycles.